The van der Waals surface area contributed by atoms with Crippen molar-refractivity contribution in [1.82, 2.24) is 15.2 Å². The molecule has 2 fully saturated rings. The highest BCUT2D eigenvalue weighted by atomic mass is 19.3. The number of rotatable bonds is 4. The normalized spacial score (nSPS) is 18.3. The lowest BCUT2D eigenvalue weighted by Crippen LogP contribution is -2.61. The van der Waals surface area contributed by atoms with Crippen molar-refractivity contribution in [2.75, 3.05) is 19.6 Å². The molecular formula is C18H16F3N3O2. The van der Waals surface area contributed by atoms with Crippen molar-refractivity contribution in [3.05, 3.63) is 53.6 Å². The molecule has 0 atom stereocenters. The predicted octanol–water partition coefficient (Wildman–Crippen LogP) is 3.12. The van der Waals surface area contributed by atoms with Gasteiger partial charge in [0.1, 0.15) is 5.82 Å². The van der Waals surface area contributed by atoms with E-state index < -0.39 is 23.4 Å². The summed E-state index contributed by atoms with van der Waals surface area (Å²) in [6.45, 7) is 2.08. The number of nitrogens with one attached hydrogen (secondary N) is 1. The van der Waals surface area contributed by atoms with Crippen LogP contribution in [0.5, 0.6) is 0 Å². The summed E-state index contributed by atoms with van der Waals surface area (Å²) in [6.07, 6.45) is -0.138. The van der Waals surface area contributed by atoms with Crippen LogP contribution in [0.15, 0.2) is 36.7 Å². The molecule has 2 aromatic rings. The fourth-order valence-electron chi connectivity index (χ4n) is 3.25. The Hall–Kier alpha value is -2.61. The van der Waals surface area contributed by atoms with Crippen molar-refractivity contribution in [1.29, 1.82) is 0 Å². The number of hydrogen-bond acceptors (Lipinski definition) is 4. The Morgan fingerprint density at radius 2 is 2.04 bits per heavy atom. The Morgan fingerprint density at radius 3 is 2.69 bits per heavy atom. The molecule has 0 radical (unpaired) electrons. The van der Waals surface area contributed by atoms with Crippen LogP contribution >= 0.6 is 0 Å². The van der Waals surface area contributed by atoms with Gasteiger partial charge in [-0.2, -0.15) is 0 Å². The molecule has 3 heterocycles. The van der Waals surface area contributed by atoms with Gasteiger partial charge in [-0.25, -0.2) is 18.0 Å². The zero-order valence-corrected chi connectivity index (χ0v) is 13.7. The SMILES string of the molecule is O=C1OC2(CNC2)CN1Cc1cncc(-c2ccc(F)c(C(F)F)c2)c1. The van der Waals surface area contributed by atoms with Gasteiger partial charge in [0.2, 0.25) is 0 Å². The van der Waals surface area contributed by atoms with Crippen LogP contribution in [0.3, 0.4) is 0 Å². The molecule has 1 amide bonds. The average molecular weight is 363 g/mol. The molecule has 4 rings (SSSR count). The summed E-state index contributed by atoms with van der Waals surface area (Å²) >= 11 is 0. The first-order valence-corrected chi connectivity index (χ1v) is 8.16. The third kappa shape index (κ3) is 3.01. The molecule has 2 aliphatic heterocycles. The molecule has 136 valence electrons. The van der Waals surface area contributed by atoms with Gasteiger partial charge in [-0.3, -0.25) is 9.88 Å². The van der Waals surface area contributed by atoms with Gasteiger partial charge in [0.15, 0.2) is 5.60 Å². The molecule has 26 heavy (non-hydrogen) atoms. The number of hydrogen-bond donors (Lipinski definition) is 1. The molecule has 8 heteroatoms. The highest BCUT2D eigenvalue weighted by Crippen LogP contribution is 2.30. The van der Waals surface area contributed by atoms with Gasteiger partial charge in [-0.15, -0.1) is 0 Å². The topological polar surface area (TPSA) is 54.5 Å². The third-order valence-corrected chi connectivity index (χ3v) is 4.67. The van der Waals surface area contributed by atoms with E-state index in [-0.39, 0.29) is 6.09 Å². The molecular weight excluding hydrogens is 347 g/mol. The Balaban J connectivity index is 1.56. The van der Waals surface area contributed by atoms with E-state index in [1.807, 2.05) is 0 Å². The fourth-order valence-corrected chi connectivity index (χ4v) is 3.25. The van der Waals surface area contributed by atoms with Crippen LogP contribution in [0.1, 0.15) is 17.6 Å². The van der Waals surface area contributed by atoms with Crippen molar-refractivity contribution < 1.29 is 22.7 Å². The molecule has 1 aromatic carbocycles. The number of nitrogens with zero attached hydrogens (tertiary/aromatic N) is 2. The van der Waals surface area contributed by atoms with Crippen LogP contribution in [0.2, 0.25) is 0 Å². The zero-order chi connectivity index (χ0) is 18.3. The zero-order valence-electron chi connectivity index (χ0n) is 13.7. The molecule has 0 bridgehead atoms. The standard InChI is InChI=1S/C18H16F3N3O2/c19-15-2-1-12(4-14(15)16(20)21)13-3-11(5-22-6-13)7-24-10-18(8-23-9-18)26-17(24)25/h1-6,16,23H,7-10H2. The number of alkyl halides is 2. The second kappa shape index (κ2) is 6.28. The summed E-state index contributed by atoms with van der Waals surface area (Å²) < 4.78 is 44.7. The van der Waals surface area contributed by atoms with E-state index in [1.165, 1.54) is 12.3 Å². The highest BCUT2D eigenvalue weighted by Gasteiger charge is 2.49. The second-order valence-corrected chi connectivity index (χ2v) is 6.63. The van der Waals surface area contributed by atoms with Crippen LogP contribution < -0.4 is 5.32 Å². The quantitative estimate of drug-likeness (QED) is 0.907. The highest BCUT2D eigenvalue weighted by molar-refractivity contribution is 5.71. The largest absolute Gasteiger partial charge is 0.438 e. The molecule has 5 nitrogen and oxygen atoms in total. The first-order chi connectivity index (χ1) is 12.5. The fraction of sp³-hybridized carbons (Fsp3) is 0.333. The Kier molecular flexibility index (Phi) is 4.07. The summed E-state index contributed by atoms with van der Waals surface area (Å²) in [5.74, 6) is -0.938. The molecule has 0 saturated carbocycles. The number of ether oxygens (including phenoxy) is 1. The number of pyridine rings is 1. The van der Waals surface area contributed by atoms with Gasteiger partial charge < -0.3 is 10.1 Å². The van der Waals surface area contributed by atoms with Gasteiger partial charge in [0, 0.05) is 31.0 Å². The number of benzene rings is 1. The van der Waals surface area contributed by atoms with Gasteiger partial charge in [0.25, 0.3) is 6.43 Å². The van der Waals surface area contributed by atoms with E-state index in [2.05, 4.69) is 10.3 Å². The van der Waals surface area contributed by atoms with Gasteiger partial charge >= 0.3 is 6.09 Å². The first kappa shape index (κ1) is 16.8. The number of carbonyl (C=O) groups is 1. The molecule has 0 aliphatic carbocycles. The molecule has 1 spiro atoms. The third-order valence-electron chi connectivity index (χ3n) is 4.67. The molecule has 1 aromatic heterocycles. The van der Waals surface area contributed by atoms with Crippen molar-refractivity contribution in [3.63, 3.8) is 0 Å². The maximum atomic E-state index is 13.5. The van der Waals surface area contributed by atoms with E-state index in [4.69, 9.17) is 4.74 Å². The minimum absolute atomic E-state index is 0.310. The summed E-state index contributed by atoms with van der Waals surface area (Å²) in [5, 5.41) is 3.09. The van der Waals surface area contributed by atoms with Crippen molar-refractivity contribution in [2.45, 2.75) is 18.6 Å². The number of amides is 1. The van der Waals surface area contributed by atoms with E-state index in [1.54, 1.807) is 17.2 Å². The Bertz CT molecular complexity index is 855. The number of carbonyl (C=O) groups excluding carboxylic acids is 1. The lowest BCUT2D eigenvalue weighted by atomic mass is 9.97. The van der Waals surface area contributed by atoms with Crippen LogP contribution in [-0.4, -0.2) is 41.2 Å². The average Bonchev–Trinajstić information content (AvgIpc) is 2.92. The van der Waals surface area contributed by atoms with Crippen LogP contribution in [0.4, 0.5) is 18.0 Å². The minimum Gasteiger partial charge on any atom is -0.438 e. The van der Waals surface area contributed by atoms with Crippen LogP contribution in [-0.2, 0) is 11.3 Å². The van der Waals surface area contributed by atoms with Crippen LogP contribution in [0.25, 0.3) is 11.1 Å². The summed E-state index contributed by atoms with van der Waals surface area (Å²) in [4.78, 5) is 17.7. The summed E-state index contributed by atoms with van der Waals surface area (Å²) in [6, 6.07) is 5.34. The molecule has 0 unspecified atom stereocenters. The van der Waals surface area contributed by atoms with Crippen LogP contribution in [0, 0.1) is 5.82 Å². The van der Waals surface area contributed by atoms with Gasteiger partial charge in [-0.1, -0.05) is 6.07 Å². The number of aromatic nitrogens is 1. The first-order valence-electron chi connectivity index (χ1n) is 8.16. The van der Waals surface area contributed by atoms with Gasteiger partial charge in [-0.05, 0) is 29.3 Å². The maximum Gasteiger partial charge on any atom is 0.410 e. The van der Waals surface area contributed by atoms with Crippen molar-refractivity contribution >= 4 is 6.09 Å². The molecule has 1 N–H and O–H groups in total. The van der Waals surface area contributed by atoms with E-state index in [0.717, 1.165) is 17.7 Å². The maximum absolute atomic E-state index is 13.5. The molecule has 2 aliphatic rings. The van der Waals surface area contributed by atoms with E-state index in [0.29, 0.717) is 37.3 Å². The lowest BCUT2D eigenvalue weighted by molar-refractivity contribution is 0.0140. The van der Waals surface area contributed by atoms with E-state index in [9.17, 15) is 18.0 Å². The monoisotopic (exact) mass is 363 g/mol. The molecule has 2 saturated heterocycles. The lowest BCUT2D eigenvalue weighted by Gasteiger charge is -2.36. The summed E-state index contributed by atoms with van der Waals surface area (Å²) in [5.41, 5.74) is 0.685. The Morgan fingerprint density at radius 1 is 1.23 bits per heavy atom. The Labute approximate surface area is 147 Å². The smallest absolute Gasteiger partial charge is 0.410 e. The van der Waals surface area contributed by atoms with Gasteiger partial charge in [0.05, 0.1) is 18.7 Å². The summed E-state index contributed by atoms with van der Waals surface area (Å²) in [7, 11) is 0. The minimum atomic E-state index is -2.89. The predicted molar refractivity (Wildman–Crippen MR) is 87.1 cm³/mol. The second-order valence-electron chi connectivity index (χ2n) is 6.63. The van der Waals surface area contributed by atoms with E-state index >= 15 is 0 Å². The van der Waals surface area contributed by atoms with Crippen molar-refractivity contribution in [2.24, 2.45) is 0 Å². The number of halogens is 3. The van der Waals surface area contributed by atoms with Crippen molar-refractivity contribution in [3.8, 4) is 11.1 Å².